The van der Waals surface area contributed by atoms with E-state index in [1.165, 1.54) is 10.9 Å². The van der Waals surface area contributed by atoms with E-state index < -0.39 is 0 Å². The van der Waals surface area contributed by atoms with E-state index in [2.05, 4.69) is 54.9 Å². The third kappa shape index (κ3) is 2.84. The molecule has 0 radical (unpaired) electrons. The van der Waals surface area contributed by atoms with Gasteiger partial charge in [-0.3, -0.25) is 9.88 Å². The summed E-state index contributed by atoms with van der Waals surface area (Å²) in [4.78, 5) is 7.00. The van der Waals surface area contributed by atoms with E-state index in [-0.39, 0.29) is 5.54 Å². The molecule has 108 valence electrons. The van der Waals surface area contributed by atoms with Gasteiger partial charge in [0.2, 0.25) is 0 Å². The predicted molar refractivity (Wildman–Crippen MR) is 85.6 cm³/mol. The Morgan fingerprint density at radius 1 is 1.20 bits per heavy atom. The van der Waals surface area contributed by atoms with Crippen LogP contribution in [0.15, 0.2) is 36.5 Å². The van der Waals surface area contributed by atoms with Gasteiger partial charge in [0, 0.05) is 30.2 Å². The Bertz CT molecular complexity index is 556. The maximum absolute atomic E-state index is 6.00. The highest BCUT2D eigenvalue weighted by Crippen LogP contribution is 2.23. The fraction of sp³-hybridized carbons (Fsp3) is 0.471. The van der Waals surface area contributed by atoms with Gasteiger partial charge < -0.3 is 5.73 Å². The quantitative estimate of drug-likeness (QED) is 0.877. The summed E-state index contributed by atoms with van der Waals surface area (Å²) in [5, 5.41) is 1.20. The molecule has 2 N–H and O–H groups in total. The van der Waals surface area contributed by atoms with Crippen molar-refractivity contribution in [2.24, 2.45) is 5.73 Å². The van der Waals surface area contributed by atoms with E-state index in [0.29, 0.717) is 6.54 Å². The lowest BCUT2D eigenvalue weighted by Gasteiger charge is -2.39. The van der Waals surface area contributed by atoms with E-state index >= 15 is 0 Å². The first-order chi connectivity index (χ1) is 9.64. The monoisotopic (exact) mass is 271 g/mol. The molecule has 0 aliphatic rings. The number of pyridine rings is 1. The number of rotatable bonds is 6. The SMILES string of the molecule is CCN(Cc1cccc2cccnc12)C(C)(CC)CN. The lowest BCUT2D eigenvalue weighted by atomic mass is 9.95. The molecule has 3 heteroatoms. The molecule has 1 heterocycles. The molecule has 20 heavy (non-hydrogen) atoms. The molecule has 2 aromatic rings. The number of fused-ring (bicyclic) bond motifs is 1. The van der Waals surface area contributed by atoms with Crippen LogP contribution in [0.25, 0.3) is 10.9 Å². The second-order valence-corrected chi connectivity index (χ2v) is 5.56. The van der Waals surface area contributed by atoms with Crippen LogP contribution in [0.5, 0.6) is 0 Å². The van der Waals surface area contributed by atoms with Crippen molar-refractivity contribution in [3.8, 4) is 0 Å². The molecule has 2 rings (SSSR count). The Kier molecular flexibility index (Phi) is 4.73. The Morgan fingerprint density at radius 3 is 2.60 bits per heavy atom. The summed E-state index contributed by atoms with van der Waals surface area (Å²) >= 11 is 0. The summed E-state index contributed by atoms with van der Waals surface area (Å²) in [7, 11) is 0. The van der Waals surface area contributed by atoms with Crippen molar-refractivity contribution in [1.82, 2.24) is 9.88 Å². The van der Waals surface area contributed by atoms with Crippen LogP contribution in [0.4, 0.5) is 0 Å². The van der Waals surface area contributed by atoms with Crippen molar-refractivity contribution in [3.63, 3.8) is 0 Å². The van der Waals surface area contributed by atoms with E-state index in [0.717, 1.165) is 25.0 Å². The molecule has 0 aliphatic carbocycles. The van der Waals surface area contributed by atoms with Crippen molar-refractivity contribution < 1.29 is 0 Å². The zero-order chi connectivity index (χ0) is 14.6. The molecule has 1 aromatic heterocycles. The van der Waals surface area contributed by atoms with Crippen LogP contribution in [0.2, 0.25) is 0 Å². The molecule has 1 atom stereocenters. The van der Waals surface area contributed by atoms with Crippen LogP contribution < -0.4 is 5.73 Å². The summed E-state index contributed by atoms with van der Waals surface area (Å²) < 4.78 is 0. The molecule has 0 saturated carbocycles. The number of hydrogen-bond acceptors (Lipinski definition) is 3. The molecule has 0 fully saturated rings. The van der Waals surface area contributed by atoms with Gasteiger partial charge in [0.15, 0.2) is 0 Å². The maximum atomic E-state index is 6.00. The fourth-order valence-electron chi connectivity index (χ4n) is 2.68. The van der Waals surface area contributed by atoms with Crippen LogP contribution in [-0.4, -0.2) is 28.5 Å². The second-order valence-electron chi connectivity index (χ2n) is 5.56. The third-order valence-electron chi connectivity index (χ3n) is 4.42. The van der Waals surface area contributed by atoms with Crippen LogP contribution in [-0.2, 0) is 6.54 Å². The molecule has 0 spiro atoms. The molecular weight excluding hydrogens is 246 g/mol. The molecule has 0 aliphatic heterocycles. The standard InChI is InChI=1S/C17H25N3/c1-4-17(3,13-18)20(5-2)12-15-9-6-8-14-10-7-11-19-16(14)15/h6-11H,4-5,12-13,18H2,1-3H3. The number of para-hydroxylation sites is 1. The first-order valence-corrected chi connectivity index (χ1v) is 7.42. The van der Waals surface area contributed by atoms with Crippen molar-refractivity contribution in [2.45, 2.75) is 39.3 Å². The lowest BCUT2D eigenvalue weighted by Crippen LogP contribution is -2.50. The van der Waals surface area contributed by atoms with Gasteiger partial charge in [-0.2, -0.15) is 0 Å². The minimum Gasteiger partial charge on any atom is -0.329 e. The highest BCUT2D eigenvalue weighted by atomic mass is 15.2. The number of likely N-dealkylation sites (N-methyl/N-ethyl adjacent to an activating group) is 1. The highest BCUT2D eigenvalue weighted by molar-refractivity contribution is 5.81. The number of benzene rings is 1. The highest BCUT2D eigenvalue weighted by Gasteiger charge is 2.27. The van der Waals surface area contributed by atoms with E-state index in [4.69, 9.17) is 5.73 Å². The van der Waals surface area contributed by atoms with Crippen LogP contribution in [0.1, 0.15) is 32.8 Å². The first kappa shape index (κ1) is 14.9. The molecule has 0 saturated heterocycles. The third-order valence-corrected chi connectivity index (χ3v) is 4.42. The minimum absolute atomic E-state index is 0.0473. The van der Waals surface area contributed by atoms with Crippen LogP contribution >= 0.6 is 0 Å². The first-order valence-electron chi connectivity index (χ1n) is 7.42. The van der Waals surface area contributed by atoms with Gasteiger partial charge in [-0.25, -0.2) is 0 Å². The second kappa shape index (κ2) is 6.33. The maximum Gasteiger partial charge on any atom is 0.0746 e. The molecular formula is C17H25N3. The zero-order valence-electron chi connectivity index (χ0n) is 12.8. The summed E-state index contributed by atoms with van der Waals surface area (Å²) in [6, 6.07) is 10.5. The van der Waals surface area contributed by atoms with Gasteiger partial charge in [-0.15, -0.1) is 0 Å². The molecule has 1 aromatic carbocycles. The summed E-state index contributed by atoms with van der Waals surface area (Å²) in [5.74, 6) is 0. The Morgan fingerprint density at radius 2 is 1.95 bits per heavy atom. The van der Waals surface area contributed by atoms with Crippen LogP contribution in [0, 0.1) is 0 Å². The normalized spacial score (nSPS) is 14.7. The van der Waals surface area contributed by atoms with Crippen molar-refractivity contribution in [1.29, 1.82) is 0 Å². The van der Waals surface area contributed by atoms with Crippen molar-refractivity contribution in [2.75, 3.05) is 13.1 Å². The number of nitrogens with two attached hydrogens (primary N) is 1. The fourth-order valence-corrected chi connectivity index (χ4v) is 2.68. The van der Waals surface area contributed by atoms with E-state index in [9.17, 15) is 0 Å². The average Bonchev–Trinajstić information content (AvgIpc) is 2.52. The van der Waals surface area contributed by atoms with E-state index in [1.807, 2.05) is 12.3 Å². The Balaban J connectivity index is 2.35. The Hall–Kier alpha value is -1.45. The summed E-state index contributed by atoms with van der Waals surface area (Å²) in [5.41, 5.74) is 8.43. The van der Waals surface area contributed by atoms with Crippen LogP contribution in [0.3, 0.4) is 0 Å². The minimum atomic E-state index is 0.0473. The van der Waals surface area contributed by atoms with Crippen molar-refractivity contribution in [3.05, 3.63) is 42.1 Å². The molecule has 3 nitrogen and oxygen atoms in total. The predicted octanol–water partition coefficient (Wildman–Crippen LogP) is 3.18. The number of nitrogens with zero attached hydrogens (tertiary/aromatic N) is 2. The zero-order valence-corrected chi connectivity index (χ0v) is 12.8. The van der Waals surface area contributed by atoms with Gasteiger partial charge in [0.05, 0.1) is 5.52 Å². The Labute approximate surface area is 121 Å². The number of aromatic nitrogens is 1. The summed E-state index contributed by atoms with van der Waals surface area (Å²) in [6.45, 7) is 9.21. The molecule has 0 bridgehead atoms. The van der Waals surface area contributed by atoms with Gasteiger partial charge in [-0.1, -0.05) is 38.1 Å². The largest absolute Gasteiger partial charge is 0.329 e. The summed E-state index contributed by atoms with van der Waals surface area (Å²) in [6.07, 6.45) is 2.92. The topological polar surface area (TPSA) is 42.2 Å². The smallest absolute Gasteiger partial charge is 0.0746 e. The number of hydrogen-bond donors (Lipinski definition) is 1. The molecule has 1 unspecified atom stereocenters. The lowest BCUT2D eigenvalue weighted by molar-refractivity contribution is 0.105. The van der Waals surface area contributed by atoms with Gasteiger partial charge >= 0.3 is 0 Å². The van der Waals surface area contributed by atoms with Crippen molar-refractivity contribution >= 4 is 10.9 Å². The average molecular weight is 271 g/mol. The molecule has 0 amide bonds. The van der Waals surface area contributed by atoms with Gasteiger partial charge in [0.25, 0.3) is 0 Å². The van der Waals surface area contributed by atoms with Gasteiger partial charge in [-0.05, 0) is 31.5 Å². The van der Waals surface area contributed by atoms with Gasteiger partial charge in [0.1, 0.15) is 0 Å². The van der Waals surface area contributed by atoms with E-state index in [1.54, 1.807) is 0 Å².